The number of rotatable bonds is 5. The Bertz CT molecular complexity index is 583. The van der Waals surface area contributed by atoms with Crippen LogP contribution in [0.3, 0.4) is 0 Å². The number of hydrazone groups is 1. The maximum Gasteiger partial charge on any atom is 0.354 e. The van der Waals surface area contributed by atoms with Crippen LogP contribution in [0.25, 0.3) is 0 Å². The minimum atomic E-state index is -0.846. The van der Waals surface area contributed by atoms with Crippen molar-refractivity contribution in [1.82, 2.24) is 5.43 Å². The molecule has 8 heteroatoms. The largest absolute Gasteiger partial charge is 0.469 e. The number of para-hydroxylation sites is 1. The third-order valence-corrected chi connectivity index (χ3v) is 2.46. The summed E-state index contributed by atoms with van der Waals surface area (Å²) in [5, 5.41) is 3.59. The Kier molecular flexibility index (Phi) is 5.87. The monoisotopic (exact) mass is 293 g/mol. The van der Waals surface area contributed by atoms with E-state index in [0.717, 1.165) is 7.11 Å². The number of nitrogen functional groups attached to an aromatic ring is 1. The summed E-state index contributed by atoms with van der Waals surface area (Å²) in [5.41, 5.74) is 7.96. The molecule has 0 spiro atoms. The molecule has 0 fully saturated rings. The molecule has 0 aliphatic heterocycles. The molecule has 0 heterocycles. The summed E-state index contributed by atoms with van der Waals surface area (Å²) in [4.78, 5) is 34.5. The molecule has 0 atom stereocenters. The number of nitrogens with one attached hydrogen (secondary N) is 1. The SMILES string of the molecule is COC(=O)C/C(=N/NC(=O)c1ccccc1N)C(=O)OC. The first kappa shape index (κ1) is 16.2. The molecule has 1 aromatic rings. The first-order chi connectivity index (χ1) is 9.99. The van der Waals surface area contributed by atoms with E-state index in [2.05, 4.69) is 20.0 Å². The lowest BCUT2D eigenvalue weighted by molar-refractivity contribution is -0.140. The van der Waals surface area contributed by atoms with Crippen molar-refractivity contribution in [3.63, 3.8) is 0 Å². The normalized spacial score (nSPS) is 10.7. The van der Waals surface area contributed by atoms with Gasteiger partial charge in [-0.2, -0.15) is 5.10 Å². The lowest BCUT2D eigenvalue weighted by atomic mass is 10.2. The van der Waals surface area contributed by atoms with Gasteiger partial charge in [0.1, 0.15) is 0 Å². The number of benzene rings is 1. The van der Waals surface area contributed by atoms with Crippen LogP contribution < -0.4 is 11.2 Å². The third-order valence-electron chi connectivity index (χ3n) is 2.46. The summed E-state index contributed by atoms with van der Waals surface area (Å²) in [6, 6.07) is 6.35. The fourth-order valence-corrected chi connectivity index (χ4v) is 1.37. The van der Waals surface area contributed by atoms with Gasteiger partial charge in [-0.25, -0.2) is 10.2 Å². The topological polar surface area (TPSA) is 120 Å². The van der Waals surface area contributed by atoms with Gasteiger partial charge in [0.05, 0.1) is 26.2 Å². The number of hydrogen-bond donors (Lipinski definition) is 2. The predicted octanol–water partition coefficient (Wildman–Crippen LogP) is 0.0907. The van der Waals surface area contributed by atoms with Gasteiger partial charge in [0.25, 0.3) is 5.91 Å². The molecule has 112 valence electrons. The van der Waals surface area contributed by atoms with Crippen molar-refractivity contribution in [2.45, 2.75) is 6.42 Å². The molecule has 0 saturated heterocycles. The van der Waals surface area contributed by atoms with Gasteiger partial charge < -0.3 is 15.2 Å². The molecule has 0 aliphatic rings. The predicted molar refractivity (Wildman–Crippen MR) is 74.4 cm³/mol. The van der Waals surface area contributed by atoms with Crippen LogP contribution in [0.2, 0.25) is 0 Å². The van der Waals surface area contributed by atoms with Crippen molar-refractivity contribution < 1.29 is 23.9 Å². The molecule has 0 unspecified atom stereocenters. The van der Waals surface area contributed by atoms with Crippen LogP contribution >= 0.6 is 0 Å². The minimum Gasteiger partial charge on any atom is -0.469 e. The van der Waals surface area contributed by atoms with Crippen molar-refractivity contribution in [3.05, 3.63) is 29.8 Å². The number of hydrogen-bond acceptors (Lipinski definition) is 7. The van der Waals surface area contributed by atoms with Crippen LogP contribution in [-0.4, -0.2) is 37.8 Å². The van der Waals surface area contributed by atoms with E-state index < -0.39 is 24.3 Å². The molecule has 0 bridgehead atoms. The van der Waals surface area contributed by atoms with Crippen LogP contribution in [0.4, 0.5) is 5.69 Å². The number of carbonyl (C=O) groups is 3. The lowest BCUT2D eigenvalue weighted by Crippen LogP contribution is -2.26. The van der Waals surface area contributed by atoms with Crippen LogP contribution in [0.5, 0.6) is 0 Å². The zero-order chi connectivity index (χ0) is 15.8. The van der Waals surface area contributed by atoms with Gasteiger partial charge in [0.15, 0.2) is 5.71 Å². The fraction of sp³-hybridized carbons (Fsp3) is 0.231. The second-order valence-corrected chi connectivity index (χ2v) is 3.83. The van der Waals surface area contributed by atoms with E-state index in [0.29, 0.717) is 0 Å². The molecule has 1 aromatic carbocycles. The summed E-state index contributed by atoms with van der Waals surface area (Å²) >= 11 is 0. The average Bonchev–Trinajstić information content (AvgIpc) is 2.50. The summed E-state index contributed by atoms with van der Waals surface area (Å²) in [6.45, 7) is 0. The number of nitrogens with zero attached hydrogens (tertiary/aromatic N) is 1. The van der Waals surface area contributed by atoms with E-state index in [4.69, 9.17) is 5.73 Å². The minimum absolute atomic E-state index is 0.198. The fourth-order valence-electron chi connectivity index (χ4n) is 1.37. The molecule has 8 nitrogen and oxygen atoms in total. The molecule has 0 aromatic heterocycles. The highest BCUT2D eigenvalue weighted by atomic mass is 16.5. The van der Waals surface area contributed by atoms with Gasteiger partial charge >= 0.3 is 11.9 Å². The molecule has 0 radical (unpaired) electrons. The smallest absolute Gasteiger partial charge is 0.354 e. The number of esters is 2. The second kappa shape index (κ2) is 7.63. The number of nitrogens with two attached hydrogens (primary N) is 1. The summed E-state index contributed by atoms with van der Waals surface area (Å²) in [6.07, 6.45) is -0.423. The van der Waals surface area contributed by atoms with Gasteiger partial charge in [0.2, 0.25) is 0 Å². The molecule has 1 amide bonds. The van der Waals surface area contributed by atoms with Crippen LogP contribution in [0.15, 0.2) is 29.4 Å². The van der Waals surface area contributed by atoms with Gasteiger partial charge in [-0.3, -0.25) is 9.59 Å². The average molecular weight is 293 g/mol. The van der Waals surface area contributed by atoms with Crippen LogP contribution in [-0.2, 0) is 19.1 Å². The molecule has 3 N–H and O–H groups in total. The van der Waals surface area contributed by atoms with Gasteiger partial charge in [-0.1, -0.05) is 12.1 Å². The number of amides is 1. The molecule has 0 saturated carbocycles. The van der Waals surface area contributed by atoms with E-state index in [-0.39, 0.29) is 17.0 Å². The number of ether oxygens (including phenoxy) is 2. The first-order valence-corrected chi connectivity index (χ1v) is 5.86. The Labute approximate surface area is 120 Å². The highest BCUT2D eigenvalue weighted by Crippen LogP contribution is 2.09. The zero-order valence-electron chi connectivity index (χ0n) is 11.6. The van der Waals surface area contributed by atoms with Gasteiger partial charge in [-0.05, 0) is 12.1 Å². The van der Waals surface area contributed by atoms with E-state index in [1.165, 1.54) is 13.2 Å². The summed E-state index contributed by atoms with van der Waals surface area (Å²) < 4.78 is 8.89. The Morgan fingerprint density at radius 3 is 2.43 bits per heavy atom. The standard InChI is InChI=1S/C13H15N3O5/c1-20-11(17)7-10(13(19)21-2)15-16-12(18)8-5-3-4-6-9(8)14/h3-6H,7,14H2,1-2H3,(H,16,18)/b15-10-. The van der Waals surface area contributed by atoms with Crippen molar-refractivity contribution >= 4 is 29.2 Å². The van der Waals surface area contributed by atoms with Gasteiger partial charge in [-0.15, -0.1) is 0 Å². The lowest BCUT2D eigenvalue weighted by Gasteiger charge is -2.06. The maximum absolute atomic E-state index is 11.9. The van der Waals surface area contributed by atoms with E-state index in [1.54, 1.807) is 18.2 Å². The second-order valence-electron chi connectivity index (χ2n) is 3.83. The van der Waals surface area contributed by atoms with Crippen molar-refractivity contribution in [1.29, 1.82) is 0 Å². The molecule has 0 aliphatic carbocycles. The van der Waals surface area contributed by atoms with E-state index in [9.17, 15) is 14.4 Å². The third kappa shape index (κ3) is 4.60. The quantitative estimate of drug-likeness (QED) is 0.343. The molecule has 21 heavy (non-hydrogen) atoms. The Hall–Kier alpha value is -2.90. The van der Waals surface area contributed by atoms with Crippen molar-refractivity contribution in [2.75, 3.05) is 20.0 Å². The summed E-state index contributed by atoms with van der Waals surface area (Å²) in [5.74, 6) is -2.14. The Balaban J connectivity index is 2.87. The highest BCUT2D eigenvalue weighted by Gasteiger charge is 2.18. The first-order valence-electron chi connectivity index (χ1n) is 5.86. The Morgan fingerprint density at radius 2 is 1.86 bits per heavy atom. The Morgan fingerprint density at radius 1 is 1.19 bits per heavy atom. The maximum atomic E-state index is 11.9. The van der Waals surface area contributed by atoms with E-state index >= 15 is 0 Å². The van der Waals surface area contributed by atoms with Crippen LogP contribution in [0, 0.1) is 0 Å². The molecule has 1 rings (SSSR count). The number of methoxy groups -OCH3 is 2. The van der Waals surface area contributed by atoms with Crippen molar-refractivity contribution in [2.24, 2.45) is 5.10 Å². The molecular weight excluding hydrogens is 278 g/mol. The van der Waals surface area contributed by atoms with Crippen molar-refractivity contribution in [3.8, 4) is 0 Å². The van der Waals surface area contributed by atoms with Gasteiger partial charge in [0, 0.05) is 5.69 Å². The zero-order valence-corrected chi connectivity index (χ0v) is 11.6. The number of carbonyl (C=O) groups excluding carboxylic acids is 3. The van der Waals surface area contributed by atoms with E-state index in [1.807, 2.05) is 0 Å². The summed E-state index contributed by atoms with van der Waals surface area (Å²) in [7, 11) is 2.30. The number of anilines is 1. The highest BCUT2D eigenvalue weighted by molar-refractivity contribution is 6.39. The van der Waals surface area contributed by atoms with Crippen LogP contribution in [0.1, 0.15) is 16.8 Å². The molecular formula is C13H15N3O5.